The fourth-order valence-electron chi connectivity index (χ4n) is 1.57. The van der Waals surface area contributed by atoms with Crippen molar-refractivity contribution in [3.8, 4) is 5.75 Å². The first kappa shape index (κ1) is 8.87. The third-order valence-electron chi connectivity index (χ3n) is 2.24. The van der Waals surface area contributed by atoms with E-state index in [-0.39, 0.29) is 12.5 Å². The Labute approximate surface area is 82.3 Å². The van der Waals surface area contributed by atoms with Crippen molar-refractivity contribution in [3.63, 3.8) is 0 Å². The van der Waals surface area contributed by atoms with Gasteiger partial charge in [-0.2, -0.15) is 0 Å². The fraction of sp³-hybridized carbons (Fsp3) is 0.300. The molecule has 2 rings (SSSR count). The van der Waals surface area contributed by atoms with Crippen LogP contribution in [-0.4, -0.2) is 19.1 Å². The molecule has 0 radical (unpaired) electrons. The van der Waals surface area contributed by atoms with E-state index in [4.69, 9.17) is 10.5 Å². The van der Waals surface area contributed by atoms with Gasteiger partial charge in [-0.05, 0) is 25.1 Å². The standard InChI is InChI=1S/C10H12N2O2/c1-2-12-8-5-7(11)3-4-9(8)14-6-10(12)13/h3-5H,2,6,11H2,1H3. The SMILES string of the molecule is CCN1C(=O)COc2ccc(N)cc21. The van der Waals surface area contributed by atoms with E-state index in [1.807, 2.05) is 6.92 Å². The van der Waals surface area contributed by atoms with Crippen molar-refractivity contribution in [1.29, 1.82) is 0 Å². The van der Waals surface area contributed by atoms with Gasteiger partial charge in [0.15, 0.2) is 6.61 Å². The van der Waals surface area contributed by atoms with E-state index in [0.29, 0.717) is 12.2 Å². The number of rotatable bonds is 1. The molecular weight excluding hydrogens is 180 g/mol. The van der Waals surface area contributed by atoms with Crippen LogP contribution in [0, 0.1) is 0 Å². The number of hydrogen-bond donors (Lipinski definition) is 1. The zero-order valence-electron chi connectivity index (χ0n) is 7.99. The van der Waals surface area contributed by atoms with Crippen LogP contribution in [0.3, 0.4) is 0 Å². The highest BCUT2D eigenvalue weighted by atomic mass is 16.5. The highest BCUT2D eigenvalue weighted by Crippen LogP contribution is 2.33. The lowest BCUT2D eigenvalue weighted by atomic mass is 10.2. The van der Waals surface area contributed by atoms with E-state index in [1.54, 1.807) is 23.1 Å². The molecule has 0 bridgehead atoms. The van der Waals surface area contributed by atoms with Crippen LogP contribution in [0.25, 0.3) is 0 Å². The molecule has 0 atom stereocenters. The molecule has 4 nitrogen and oxygen atoms in total. The molecule has 74 valence electrons. The second-order valence-electron chi connectivity index (χ2n) is 3.15. The Morgan fingerprint density at radius 1 is 1.57 bits per heavy atom. The number of fused-ring (bicyclic) bond motifs is 1. The molecule has 1 aliphatic heterocycles. The maximum Gasteiger partial charge on any atom is 0.265 e. The first-order valence-electron chi connectivity index (χ1n) is 4.55. The third-order valence-corrected chi connectivity index (χ3v) is 2.24. The van der Waals surface area contributed by atoms with Crippen molar-refractivity contribution >= 4 is 17.3 Å². The minimum absolute atomic E-state index is 0.0226. The quantitative estimate of drug-likeness (QED) is 0.676. The maximum atomic E-state index is 11.5. The lowest BCUT2D eigenvalue weighted by Crippen LogP contribution is -2.38. The number of benzene rings is 1. The maximum absolute atomic E-state index is 11.5. The van der Waals surface area contributed by atoms with Gasteiger partial charge in [-0.1, -0.05) is 0 Å². The van der Waals surface area contributed by atoms with Crippen LogP contribution in [0.1, 0.15) is 6.92 Å². The molecule has 0 saturated heterocycles. The number of anilines is 2. The van der Waals surface area contributed by atoms with E-state index in [1.165, 1.54) is 0 Å². The molecule has 14 heavy (non-hydrogen) atoms. The summed E-state index contributed by atoms with van der Waals surface area (Å²) >= 11 is 0. The summed E-state index contributed by atoms with van der Waals surface area (Å²) in [4.78, 5) is 13.1. The topological polar surface area (TPSA) is 55.6 Å². The minimum Gasteiger partial charge on any atom is -0.482 e. The van der Waals surface area contributed by atoms with Gasteiger partial charge in [0, 0.05) is 12.2 Å². The summed E-state index contributed by atoms with van der Waals surface area (Å²) in [5, 5.41) is 0. The normalized spacial score (nSPS) is 14.9. The lowest BCUT2D eigenvalue weighted by Gasteiger charge is -2.28. The van der Waals surface area contributed by atoms with Crippen molar-refractivity contribution in [2.24, 2.45) is 0 Å². The number of carbonyl (C=O) groups excluding carboxylic acids is 1. The summed E-state index contributed by atoms with van der Waals surface area (Å²) in [6, 6.07) is 5.32. The summed E-state index contributed by atoms with van der Waals surface area (Å²) < 4.78 is 5.28. The third kappa shape index (κ3) is 1.28. The van der Waals surface area contributed by atoms with Gasteiger partial charge in [-0.25, -0.2) is 0 Å². The molecule has 0 aromatic heterocycles. The molecule has 0 spiro atoms. The highest BCUT2D eigenvalue weighted by molar-refractivity contribution is 5.98. The van der Waals surface area contributed by atoms with Gasteiger partial charge in [-0.3, -0.25) is 4.79 Å². The van der Waals surface area contributed by atoms with Crippen molar-refractivity contribution in [1.82, 2.24) is 0 Å². The number of likely N-dealkylation sites (N-methyl/N-ethyl adjacent to an activating group) is 1. The first-order valence-corrected chi connectivity index (χ1v) is 4.55. The predicted molar refractivity (Wildman–Crippen MR) is 54.4 cm³/mol. The van der Waals surface area contributed by atoms with Crippen molar-refractivity contribution < 1.29 is 9.53 Å². The molecule has 1 aromatic rings. The number of ether oxygens (including phenoxy) is 1. The number of carbonyl (C=O) groups is 1. The molecule has 0 saturated carbocycles. The molecule has 0 fully saturated rings. The van der Waals surface area contributed by atoms with Crippen LogP contribution >= 0.6 is 0 Å². The monoisotopic (exact) mass is 192 g/mol. The van der Waals surface area contributed by atoms with Crippen LogP contribution in [-0.2, 0) is 4.79 Å². The number of nitrogen functional groups attached to an aromatic ring is 1. The van der Waals surface area contributed by atoms with E-state index >= 15 is 0 Å². The zero-order valence-corrected chi connectivity index (χ0v) is 7.99. The second-order valence-corrected chi connectivity index (χ2v) is 3.15. The summed E-state index contributed by atoms with van der Waals surface area (Å²) in [6.07, 6.45) is 0. The fourth-order valence-corrected chi connectivity index (χ4v) is 1.57. The number of nitrogens with zero attached hydrogens (tertiary/aromatic N) is 1. The number of amides is 1. The Hall–Kier alpha value is -1.71. The van der Waals surface area contributed by atoms with E-state index in [2.05, 4.69) is 0 Å². The smallest absolute Gasteiger partial charge is 0.265 e. The molecule has 0 unspecified atom stereocenters. The molecule has 1 amide bonds. The summed E-state index contributed by atoms with van der Waals surface area (Å²) in [6.45, 7) is 2.68. The van der Waals surface area contributed by atoms with Crippen molar-refractivity contribution in [2.75, 3.05) is 23.8 Å². The van der Waals surface area contributed by atoms with Crippen molar-refractivity contribution in [2.45, 2.75) is 6.92 Å². The summed E-state index contributed by atoms with van der Waals surface area (Å²) in [7, 11) is 0. The molecule has 2 N–H and O–H groups in total. The van der Waals surface area contributed by atoms with Gasteiger partial charge < -0.3 is 15.4 Å². The molecular formula is C10H12N2O2. The highest BCUT2D eigenvalue weighted by Gasteiger charge is 2.23. The Balaban J connectivity index is 2.49. The Morgan fingerprint density at radius 3 is 3.07 bits per heavy atom. The van der Waals surface area contributed by atoms with Crippen molar-refractivity contribution in [3.05, 3.63) is 18.2 Å². The van der Waals surface area contributed by atoms with Gasteiger partial charge in [0.2, 0.25) is 0 Å². The van der Waals surface area contributed by atoms with Crippen LogP contribution in [0.4, 0.5) is 11.4 Å². The molecule has 0 aliphatic carbocycles. The largest absolute Gasteiger partial charge is 0.482 e. The van der Waals surface area contributed by atoms with Gasteiger partial charge in [0.1, 0.15) is 5.75 Å². The van der Waals surface area contributed by atoms with Gasteiger partial charge in [-0.15, -0.1) is 0 Å². The van der Waals surface area contributed by atoms with Gasteiger partial charge >= 0.3 is 0 Å². The second kappa shape index (κ2) is 3.21. The van der Waals surface area contributed by atoms with Crippen LogP contribution < -0.4 is 15.4 Å². The van der Waals surface area contributed by atoms with E-state index in [9.17, 15) is 4.79 Å². The van der Waals surface area contributed by atoms with Crippen LogP contribution in [0.5, 0.6) is 5.75 Å². The number of nitrogens with two attached hydrogens (primary N) is 1. The van der Waals surface area contributed by atoms with Crippen LogP contribution in [0.15, 0.2) is 18.2 Å². The molecule has 1 aliphatic rings. The van der Waals surface area contributed by atoms with E-state index < -0.39 is 0 Å². The molecule has 1 heterocycles. The van der Waals surface area contributed by atoms with Gasteiger partial charge in [0.25, 0.3) is 5.91 Å². The minimum atomic E-state index is -0.0226. The van der Waals surface area contributed by atoms with Crippen LogP contribution in [0.2, 0.25) is 0 Å². The lowest BCUT2D eigenvalue weighted by molar-refractivity contribution is -0.121. The zero-order chi connectivity index (χ0) is 10.1. The van der Waals surface area contributed by atoms with Gasteiger partial charge in [0.05, 0.1) is 5.69 Å². The average Bonchev–Trinajstić information content (AvgIpc) is 2.17. The molecule has 1 aromatic carbocycles. The summed E-state index contributed by atoms with van der Waals surface area (Å²) in [5.41, 5.74) is 7.06. The summed E-state index contributed by atoms with van der Waals surface area (Å²) in [5.74, 6) is 0.700. The Kier molecular flexibility index (Phi) is 2.04. The first-order chi connectivity index (χ1) is 6.72. The predicted octanol–water partition coefficient (Wildman–Crippen LogP) is 1.01. The Morgan fingerprint density at radius 2 is 2.36 bits per heavy atom. The number of hydrogen-bond acceptors (Lipinski definition) is 3. The average molecular weight is 192 g/mol. The van der Waals surface area contributed by atoms with E-state index in [0.717, 1.165) is 11.4 Å². The Bertz CT molecular complexity index is 376. The molecule has 4 heteroatoms.